The molecule has 3 rings (SSSR count). The zero-order chi connectivity index (χ0) is 22.8. The van der Waals surface area contributed by atoms with Crippen LogP contribution in [0.15, 0.2) is 91.1 Å². The smallest absolute Gasteiger partial charge is 0.242 e. The Hall–Kier alpha value is -4.06. The highest BCUT2D eigenvalue weighted by molar-refractivity contribution is 5.80. The van der Waals surface area contributed by atoms with Crippen LogP contribution in [0.25, 0.3) is 11.1 Å². The Balaban J connectivity index is 1.39. The molecular weight excluding hydrogens is 402 g/mol. The Bertz CT molecular complexity index is 1060. The second-order valence-corrected chi connectivity index (χ2v) is 7.28. The predicted octanol–water partition coefficient (Wildman–Crippen LogP) is 3.75. The third kappa shape index (κ3) is 6.74. The number of benzene rings is 3. The van der Waals surface area contributed by atoms with E-state index in [1.807, 2.05) is 78.9 Å². The number of carbonyl (C=O) groups excluding carboxylic acids is 2. The van der Waals surface area contributed by atoms with E-state index < -0.39 is 0 Å². The lowest BCUT2D eigenvalue weighted by Gasteiger charge is -2.12. The van der Waals surface area contributed by atoms with Gasteiger partial charge in [0.2, 0.25) is 11.8 Å². The number of hydrazine groups is 1. The largest absolute Gasteiger partial charge is 0.496 e. The van der Waals surface area contributed by atoms with Crippen molar-refractivity contribution in [2.24, 2.45) is 0 Å². The zero-order valence-electron chi connectivity index (χ0n) is 18.1. The van der Waals surface area contributed by atoms with Crippen LogP contribution in [0.3, 0.4) is 0 Å². The van der Waals surface area contributed by atoms with Gasteiger partial charge in [-0.3, -0.25) is 15.0 Å². The average molecular weight is 430 g/mol. The lowest BCUT2D eigenvalue weighted by molar-refractivity contribution is -0.122. The SMILES string of the molecule is C=C(CC(=O)NCc1ccccc1OC)NNC(=O)Cc1ccc(-c2ccccc2)cc1. The summed E-state index contributed by atoms with van der Waals surface area (Å²) in [5, 5.41) is 2.82. The van der Waals surface area contributed by atoms with Gasteiger partial charge >= 0.3 is 0 Å². The number of carbonyl (C=O) groups is 2. The van der Waals surface area contributed by atoms with Gasteiger partial charge in [0.1, 0.15) is 5.75 Å². The molecule has 6 heteroatoms. The van der Waals surface area contributed by atoms with Gasteiger partial charge in [0.05, 0.1) is 20.0 Å². The molecule has 0 aliphatic heterocycles. The maximum atomic E-state index is 12.2. The molecule has 0 saturated heterocycles. The van der Waals surface area contributed by atoms with Crippen LogP contribution in [0.1, 0.15) is 17.5 Å². The fraction of sp³-hybridized carbons (Fsp3) is 0.154. The van der Waals surface area contributed by atoms with Crippen molar-refractivity contribution in [2.45, 2.75) is 19.4 Å². The van der Waals surface area contributed by atoms with E-state index in [1.165, 1.54) is 0 Å². The summed E-state index contributed by atoms with van der Waals surface area (Å²) >= 11 is 0. The van der Waals surface area contributed by atoms with E-state index in [2.05, 4.69) is 22.7 Å². The van der Waals surface area contributed by atoms with Gasteiger partial charge in [-0.25, -0.2) is 0 Å². The molecule has 0 spiro atoms. The molecule has 0 atom stereocenters. The molecule has 0 fully saturated rings. The number of ether oxygens (including phenoxy) is 1. The van der Waals surface area contributed by atoms with Crippen LogP contribution in [0.2, 0.25) is 0 Å². The standard InChI is InChI=1S/C26H27N3O3/c1-19(16-25(30)27-18-23-10-6-7-11-24(23)32-2)28-29-26(31)17-20-12-14-22(15-13-20)21-8-4-3-5-9-21/h3-15,28H,1,16-18H2,2H3,(H,27,30)(H,29,31). The van der Waals surface area contributed by atoms with Crippen LogP contribution in [0.4, 0.5) is 0 Å². The number of methoxy groups -OCH3 is 1. The van der Waals surface area contributed by atoms with Crippen molar-refractivity contribution in [3.63, 3.8) is 0 Å². The van der Waals surface area contributed by atoms with E-state index in [1.54, 1.807) is 7.11 Å². The number of hydrogen-bond acceptors (Lipinski definition) is 4. The van der Waals surface area contributed by atoms with Crippen LogP contribution in [-0.2, 0) is 22.6 Å². The predicted molar refractivity (Wildman–Crippen MR) is 125 cm³/mol. The van der Waals surface area contributed by atoms with Crippen molar-refractivity contribution in [2.75, 3.05) is 7.11 Å². The summed E-state index contributed by atoms with van der Waals surface area (Å²) in [4.78, 5) is 24.4. The van der Waals surface area contributed by atoms with Crippen LogP contribution in [0, 0.1) is 0 Å². The monoisotopic (exact) mass is 429 g/mol. The Morgan fingerprint density at radius 3 is 2.19 bits per heavy atom. The summed E-state index contributed by atoms with van der Waals surface area (Å²) in [6.07, 6.45) is 0.260. The van der Waals surface area contributed by atoms with E-state index >= 15 is 0 Å². The first-order valence-electron chi connectivity index (χ1n) is 10.3. The molecule has 0 heterocycles. The first-order valence-corrected chi connectivity index (χ1v) is 10.3. The highest BCUT2D eigenvalue weighted by Gasteiger charge is 2.08. The molecule has 0 aliphatic carbocycles. The highest BCUT2D eigenvalue weighted by atomic mass is 16.5. The molecule has 164 valence electrons. The van der Waals surface area contributed by atoms with Crippen molar-refractivity contribution in [3.8, 4) is 16.9 Å². The van der Waals surface area contributed by atoms with Gasteiger partial charge in [-0.15, -0.1) is 0 Å². The minimum Gasteiger partial charge on any atom is -0.496 e. The van der Waals surface area contributed by atoms with Gasteiger partial charge < -0.3 is 15.5 Å². The van der Waals surface area contributed by atoms with Gasteiger partial charge in [0.25, 0.3) is 0 Å². The van der Waals surface area contributed by atoms with Crippen molar-refractivity contribution < 1.29 is 14.3 Å². The second-order valence-electron chi connectivity index (χ2n) is 7.28. The van der Waals surface area contributed by atoms with E-state index in [0.29, 0.717) is 18.0 Å². The zero-order valence-corrected chi connectivity index (χ0v) is 18.1. The molecule has 3 aromatic carbocycles. The van der Waals surface area contributed by atoms with E-state index in [4.69, 9.17) is 4.74 Å². The van der Waals surface area contributed by atoms with E-state index in [-0.39, 0.29) is 24.7 Å². The van der Waals surface area contributed by atoms with Crippen molar-refractivity contribution in [3.05, 3.63) is 102 Å². The Kier molecular flexibility index (Phi) is 8.03. The first kappa shape index (κ1) is 22.6. The molecule has 0 radical (unpaired) electrons. The third-order valence-electron chi connectivity index (χ3n) is 4.85. The van der Waals surface area contributed by atoms with Gasteiger partial charge in [0, 0.05) is 17.8 Å². The summed E-state index contributed by atoms with van der Waals surface area (Å²) in [5.41, 5.74) is 9.70. The maximum absolute atomic E-state index is 12.2. The molecule has 3 N–H and O–H groups in total. The molecule has 3 aromatic rings. The number of rotatable bonds is 10. The van der Waals surface area contributed by atoms with Crippen molar-refractivity contribution in [1.82, 2.24) is 16.2 Å². The second kappa shape index (κ2) is 11.4. The molecule has 0 saturated carbocycles. The lowest BCUT2D eigenvalue weighted by Crippen LogP contribution is -2.38. The summed E-state index contributed by atoms with van der Waals surface area (Å²) < 4.78 is 5.27. The molecule has 6 nitrogen and oxygen atoms in total. The van der Waals surface area contributed by atoms with Crippen LogP contribution in [0.5, 0.6) is 5.75 Å². The van der Waals surface area contributed by atoms with Crippen LogP contribution < -0.4 is 20.9 Å². The van der Waals surface area contributed by atoms with E-state index in [9.17, 15) is 9.59 Å². The highest BCUT2D eigenvalue weighted by Crippen LogP contribution is 2.19. The Morgan fingerprint density at radius 1 is 0.812 bits per heavy atom. The first-order chi connectivity index (χ1) is 15.5. The molecule has 0 aromatic heterocycles. The van der Waals surface area contributed by atoms with Gasteiger partial charge in [-0.1, -0.05) is 79.4 Å². The molecule has 0 unspecified atom stereocenters. The molecule has 2 amide bonds. The quantitative estimate of drug-likeness (QED) is 0.429. The topological polar surface area (TPSA) is 79.5 Å². The van der Waals surface area contributed by atoms with Gasteiger partial charge in [-0.05, 0) is 22.8 Å². The third-order valence-corrected chi connectivity index (χ3v) is 4.85. The minimum absolute atomic E-state index is 0.0429. The van der Waals surface area contributed by atoms with E-state index in [0.717, 1.165) is 22.3 Å². The van der Waals surface area contributed by atoms with Crippen molar-refractivity contribution in [1.29, 1.82) is 0 Å². The fourth-order valence-electron chi connectivity index (χ4n) is 3.18. The average Bonchev–Trinajstić information content (AvgIpc) is 2.82. The normalized spacial score (nSPS) is 10.2. The van der Waals surface area contributed by atoms with Crippen molar-refractivity contribution >= 4 is 11.8 Å². The summed E-state index contributed by atoms with van der Waals surface area (Å²) in [6, 6.07) is 25.4. The van der Waals surface area contributed by atoms with Crippen LogP contribution in [-0.4, -0.2) is 18.9 Å². The Morgan fingerprint density at radius 2 is 1.47 bits per heavy atom. The molecular formula is C26H27N3O3. The molecule has 32 heavy (non-hydrogen) atoms. The van der Waals surface area contributed by atoms with Crippen LogP contribution >= 0.6 is 0 Å². The molecule has 0 bridgehead atoms. The number of amides is 2. The maximum Gasteiger partial charge on any atom is 0.242 e. The van der Waals surface area contributed by atoms with Gasteiger partial charge in [-0.2, -0.15) is 0 Å². The molecule has 0 aliphatic rings. The Labute approximate surface area is 188 Å². The fourth-order valence-corrected chi connectivity index (χ4v) is 3.18. The summed E-state index contributed by atoms with van der Waals surface area (Å²) in [6.45, 7) is 4.14. The minimum atomic E-state index is -0.215. The lowest BCUT2D eigenvalue weighted by atomic mass is 10.0. The number of nitrogens with one attached hydrogen (secondary N) is 3. The summed E-state index contributed by atoms with van der Waals surface area (Å²) in [7, 11) is 1.59. The number of hydrogen-bond donors (Lipinski definition) is 3. The van der Waals surface area contributed by atoms with Gasteiger partial charge in [0.15, 0.2) is 0 Å². The summed E-state index contributed by atoms with van der Waals surface area (Å²) in [5.74, 6) is 0.293. The number of para-hydroxylation sites is 1.